The molecule has 1 N–H and O–H groups in total. The molecule has 0 aliphatic carbocycles. The van der Waals surface area contributed by atoms with Crippen LogP contribution in [0.3, 0.4) is 0 Å². The van der Waals surface area contributed by atoms with E-state index in [1.807, 2.05) is 31.3 Å². The number of benzene rings is 1. The maximum atomic E-state index is 12.1. The van der Waals surface area contributed by atoms with Gasteiger partial charge in [0.1, 0.15) is 5.76 Å². The molecule has 2 heterocycles. The first-order chi connectivity index (χ1) is 11.6. The number of nitrogens with one attached hydrogen (secondary N) is 1. The summed E-state index contributed by atoms with van der Waals surface area (Å²) >= 11 is 3.48. The monoisotopic (exact) mass is 388 g/mol. The standard InChI is InChI=1S/C19H21BrN2O2/c1-14(4-6-17-3-2-12-24-17)21-19(23)9-11-22-10-8-15-13-16(20)5-7-18(15)22/h2-3,5,7-8,10,12-14H,4,6,9,11H2,1H3,(H,21,23). The number of carbonyl (C=O) groups is 1. The lowest BCUT2D eigenvalue weighted by Crippen LogP contribution is -2.33. The summed E-state index contributed by atoms with van der Waals surface area (Å²) in [5.74, 6) is 1.04. The first-order valence-electron chi connectivity index (χ1n) is 8.18. The van der Waals surface area contributed by atoms with Gasteiger partial charge in [-0.25, -0.2) is 0 Å². The highest BCUT2D eigenvalue weighted by atomic mass is 79.9. The molecule has 2 aromatic heterocycles. The number of amides is 1. The molecule has 3 aromatic rings. The topological polar surface area (TPSA) is 47.2 Å². The van der Waals surface area contributed by atoms with Crippen LogP contribution < -0.4 is 5.32 Å². The van der Waals surface area contributed by atoms with Crippen LogP contribution in [0.15, 0.2) is 57.7 Å². The zero-order valence-electron chi connectivity index (χ0n) is 13.7. The van der Waals surface area contributed by atoms with Crippen molar-refractivity contribution in [1.29, 1.82) is 0 Å². The number of furan rings is 1. The van der Waals surface area contributed by atoms with Crippen molar-refractivity contribution in [3.63, 3.8) is 0 Å². The van der Waals surface area contributed by atoms with E-state index in [0.29, 0.717) is 13.0 Å². The minimum atomic E-state index is 0.0842. The van der Waals surface area contributed by atoms with Gasteiger partial charge in [-0.05, 0) is 49.7 Å². The van der Waals surface area contributed by atoms with Gasteiger partial charge in [-0.15, -0.1) is 0 Å². The van der Waals surface area contributed by atoms with Crippen molar-refractivity contribution >= 4 is 32.7 Å². The Balaban J connectivity index is 1.47. The van der Waals surface area contributed by atoms with Crippen LogP contribution in [-0.4, -0.2) is 16.5 Å². The largest absolute Gasteiger partial charge is 0.469 e. The summed E-state index contributed by atoms with van der Waals surface area (Å²) in [6.07, 6.45) is 5.90. The molecular weight excluding hydrogens is 368 g/mol. The number of rotatable bonds is 7. The zero-order chi connectivity index (χ0) is 16.9. The second-order valence-electron chi connectivity index (χ2n) is 6.05. The Kier molecular flexibility index (Phi) is 5.41. The predicted octanol–water partition coefficient (Wildman–Crippen LogP) is 4.52. The van der Waals surface area contributed by atoms with Crippen LogP contribution in [0.25, 0.3) is 10.9 Å². The lowest BCUT2D eigenvalue weighted by molar-refractivity contribution is -0.121. The molecule has 1 atom stereocenters. The van der Waals surface area contributed by atoms with Crippen LogP contribution in [0.2, 0.25) is 0 Å². The number of carbonyl (C=O) groups excluding carboxylic acids is 1. The summed E-state index contributed by atoms with van der Waals surface area (Å²) in [4.78, 5) is 12.1. The fourth-order valence-electron chi connectivity index (χ4n) is 2.82. The number of halogens is 1. The van der Waals surface area contributed by atoms with Crippen molar-refractivity contribution < 1.29 is 9.21 Å². The summed E-state index contributed by atoms with van der Waals surface area (Å²) in [6.45, 7) is 2.71. The minimum Gasteiger partial charge on any atom is -0.469 e. The van der Waals surface area contributed by atoms with Crippen LogP contribution in [0.4, 0.5) is 0 Å². The Labute approximate surface area is 150 Å². The van der Waals surface area contributed by atoms with Crippen molar-refractivity contribution in [1.82, 2.24) is 9.88 Å². The first kappa shape index (κ1) is 16.8. The maximum Gasteiger partial charge on any atom is 0.221 e. The predicted molar refractivity (Wildman–Crippen MR) is 98.9 cm³/mol. The highest BCUT2D eigenvalue weighted by Crippen LogP contribution is 2.21. The smallest absolute Gasteiger partial charge is 0.221 e. The third-order valence-corrected chi connectivity index (χ3v) is 4.62. The Morgan fingerprint density at radius 3 is 3.00 bits per heavy atom. The van der Waals surface area contributed by atoms with Gasteiger partial charge in [0.25, 0.3) is 0 Å². The van der Waals surface area contributed by atoms with Gasteiger partial charge in [0, 0.05) is 47.0 Å². The SMILES string of the molecule is CC(CCc1ccco1)NC(=O)CCn1ccc2cc(Br)ccc21. The fraction of sp³-hybridized carbons (Fsp3) is 0.316. The molecule has 0 fully saturated rings. The highest BCUT2D eigenvalue weighted by molar-refractivity contribution is 9.10. The summed E-state index contributed by atoms with van der Waals surface area (Å²) in [6, 6.07) is 12.2. The molecule has 1 amide bonds. The van der Waals surface area contributed by atoms with Gasteiger partial charge in [-0.1, -0.05) is 15.9 Å². The van der Waals surface area contributed by atoms with Crippen molar-refractivity contribution in [3.05, 3.63) is 59.1 Å². The van der Waals surface area contributed by atoms with Crippen molar-refractivity contribution in [2.45, 2.75) is 38.8 Å². The molecule has 0 bridgehead atoms. The Bertz CT molecular complexity index is 808. The third kappa shape index (κ3) is 4.29. The molecule has 126 valence electrons. The van der Waals surface area contributed by atoms with Crippen LogP contribution in [0.1, 0.15) is 25.5 Å². The van der Waals surface area contributed by atoms with Gasteiger partial charge >= 0.3 is 0 Å². The van der Waals surface area contributed by atoms with Crippen LogP contribution in [0.5, 0.6) is 0 Å². The fourth-order valence-corrected chi connectivity index (χ4v) is 3.20. The quantitative estimate of drug-likeness (QED) is 0.646. The second kappa shape index (κ2) is 7.71. The molecule has 3 rings (SSSR count). The number of aryl methyl sites for hydroxylation is 2. The summed E-state index contributed by atoms with van der Waals surface area (Å²) < 4.78 is 8.50. The molecule has 0 aliphatic heterocycles. The van der Waals surface area contributed by atoms with E-state index in [2.05, 4.69) is 44.0 Å². The van der Waals surface area contributed by atoms with Crippen molar-refractivity contribution in [3.8, 4) is 0 Å². The van der Waals surface area contributed by atoms with E-state index in [-0.39, 0.29) is 11.9 Å². The molecule has 0 aliphatic rings. The molecule has 0 saturated carbocycles. The first-order valence-corrected chi connectivity index (χ1v) is 8.97. The van der Waals surface area contributed by atoms with Crippen molar-refractivity contribution in [2.24, 2.45) is 0 Å². The third-order valence-electron chi connectivity index (χ3n) is 4.12. The number of hydrogen-bond acceptors (Lipinski definition) is 2. The molecule has 1 aromatic carbocycles. The van der Waals surface area contributed by atoms with Crippen LogP contribution >= 0.6 is 15.9 Å². The lowest BCUT2D eigenvalue weighted by Gasteiger charge is -2.13. The van der Waals surface area contributed by atoms with E-state index in [9.17, 15) is 4.79 Å². The Hall–Kier alpha value is -2.01. The summed E-state index contributed by atoms with van der Waals surface area (Å²) in [7, 11) is 0. The van der Waals surface area contributed by atoms with Crippen LogP contribution in [0, 0.1) is 0 Å². The van der Waals surface area contributed by atoms with Gasteiger partial charge in [-0.3, -0.25) is 4.79 Å². The van der Waals surface area contributed by atoms with Gasteiger partial charge in [-0.2, -0.15) is 0 Å². The molecule has 4 nitrogen and oxygen atoms in total. The number of nitrogens with zero attached hydrogens (tertiary/aromatic N) is 1. The van der Waals surface area contributed by atoms with E-state index in [4.69, 9.17) is 4.42 Å². The number of aromatic nitrogens is 1. The van der Waals surface area contributed by atoms with Gasteiger partial charge < -0.3 is 14.3 Å². The molecule has 0 spiro atoms. The molecule has 24 heavy (non-hydrogen) atoms. The van der Waals surface area contributed by atoms with E-state index >= 15 is 0 Å². The molecule has 5 heteroatoms. The van der Waals surface area contributed by atoms with E-state index in [1.54, 1.807) is 6.26 Å². The van der Waals surface area contributed by atoms with Gasteiger partial charge in [0.05, 0.1) is 6.26 Å². The number of hydrogen-bond donors (Lipinski definition) is 1. The minimum absolute atomic E-state index is 0.0842. The van der Waals surface area contributed by atoms with Crippen molar-refractivity contribution in [2.75, 3.05) is 0 Å². The summed E-state index contributed by atoms with van der Waals surface area (Å²) in [5.41, 5.74) is 1.15. The van der Waals surface area contributed by atoms with E-state index in [1.165, 1.54) is 5.39 Å². The Morgan fingerprint density at radius 2 is 2.21 bits per heavy atom. The molecule has 1 unspecified atom stereocenters. The normalized spacial score (nSPS) is 12.4. The maximum absolute atomic E-state index is 12.1. The van der Waals surface area contributed by atoms with E-state index < -0.39 is 0 Å². The zero-order valence-corrected chi connectivity index (χ0v) is 15.3. The molecular formula is C19H21BrN2O2. The average Bonchev–Trinajstić information content (AvgIpc) is 3.20. The number of fused-ring (bicyclic) bond motifs is 1. The van der Waals surface area contributed by atoms with Gasteiger partial charge in [0.15, 0.2) is 0 Å². The van der Waals surface area contributed by atoms with E-state index in [0.717, 1.165) is 28.6 Å². The second-order valence-corrected chi connectivity index (χ2v) is 6.96. The lowest BCUT2D eigenvalue weighted by atomic mass is 10.1. The molecule has 0 saturated heterocycles. The molecule has 0 radical (unpaired) electrons. The summed E-state index contributed by atoms with van der Waals surface area (Å²) in [5, 5.41) is 4.24. The average molecular weight is 389 g/mol. The van der Waals surface area contributed by atoms with Crippen LogP contribution in [-0.2, 0) is 17.8 Å². The highest BCUT2D eigenvalue weighted by Gasteiger charge is 2.09. The van der Waals surface area contributed by atoms with Gasteiger partial charge in [0.2, 0.25) is 5.91 Å². The Morgan fingerprint density at radius 1 is 1.33 bits per heavy atom.